The van der Waals surface area contributed by atoms with Crippen molar-refractivity contribution in [1.29, 1.82) is 0 Å². The Bertz CT molecular complexity index is 558. The second-order valence-corrected chi connectivity index (χ2v) is 3.68. The summed E-state index contributed by atoms with van der Waals surface area (Å²) in [5.74, 6) is 1.19. The van der Waals surface area contributed by atoms with Crippen LogP contribution in [0, 0.1) is 13.8 Å². The Balaban J connectivity index is 2.08. The van der Waals surface area contributed by atoms with Gasteiger partial charge in [0.1, 0.15) is 11.5 Å². The molecule has 0 bridgehead atoms. The monoisotopic (exact) mass is 250 g/mol. The van der Waals surface area contributed by atoms with Gasteiger partial charge in [0.2, 0.25) is 5.95 Å². The molecule has 2 N–H and O–H groups in total. The SMILES string of the molecule is CCOc1n[nH]c(NC(=O)c2cc(C)oc2C)n1. The largest absolute Gasteiger partial charge is 0.466 e. The van der Waals surface area contributed by atoms with Crippen molar-refractivity contribution in [1.82, 2.24) is 15.2 Å². The molecule has 2 heterocycles. The Labute approximate surface area is 104 Å². The molecule has 7 nitrogen and oxygen atoms in total. The van der Waals surface area contributed by atoms with Gasteiger partial charge in [0.05, 0.1) is 12.2 Å². The lowest BCUT2D eigenvalue weighted by Gasteiger charge is -1.98. The highest BCUT2D eigenvalue weighted by molar-refractivity contribution is 6.04. The fraction of sp³-hybridized carbons (Fsp3) is 0.364. The van der Waals surface area contributed by atoms with Gasteiger partial charge in [-0.1, -0.05) is 0 Å². The summed E-state index contributed by atoms with van der Waals surface area (Å²) in [5, 5.41) is 8.94. The van der Waals surface area contributed by atoms with Crippen LogP contribution < -0.4 is 10.1 Å². The van der Waals surface area contributed by atoms with Gasteiger partial charge in [-0.25, -0.2) is 5.10 Å². The molecule has 0 saturated heterocycles. The van der Waals surface area contributed by atoms with E-state index in [0.717, 1.165) is 0 Å². The molecule has 1 amide bonds. The first-order valence-corrected chi connectivity index (χ1v) is 5.53. The minimum absolute atomic E-state index is 0.202. The summed E-state index contributed by atoms with van der Waals surface area (Å²) in [5.41, 5.74) is 0.474. The second kappa shape index (κ2) is 4.91. The fourth-order valence-electron chi connectivity index (χ4n) is 1.53. The maximum Gasteiger partial charge on any atom is 0.337 e. The van der Waals surface area contributed by atoms with Crippen molar-refractivity contribution < 1.29 is 13.9 Å². The summed E-state index contributed by atoms with van der Waals surface area (Å²) in [4.78, 5) is 15.9. The molecule has 7 heteroatoms. The molecule has 0 radical (unpaired) electrons. The number of nitrogens with zero attached hydrogens (tertiary/aromatic N) is 2. The van der Waals surface area contributed by atoms with Crippen LogP contribution in [0.15, 0.2) is 10.5 Å². The number of carbonyl (C=O) groups excluding carboxylic acids is 1. The van der Waals surface area contributed by atoms with Crippen LogP contribution in [0.2, 0.25) is 0 Å². The van der Waals surface area contributed by atoms with Gasteiger partial charge >= 0.3 is 6.01 Å². The Morgan fingerprint density at radius 2 is 2.33 bits per heavy atom. The maximum atomic E-state index is 11.9. The highest BCUT2D eigenvalue weighted by Gasteiger charge is 2.15. The molecular weight excluding hydrogens is 236 g/mol. The van der Waals surface area contributed by atoms with Crippen LogP contribution in [-0.2, 0) is 0 Å². The van der Waals surface area contributed by atoms with E-state index in [9.17, 15) is 4.79 Å². The van der Waals surface area contributed by atoms with Gasteiger partial charge in [-0.05, 0) is 26.8 Å². The summed E-state index contributed by atoms with van der Waals surface area (Å²) < 4.78 is 10.4. The molecular formula is C11H14N4O3. The van der Waals surface area contributed by atoms with Gasteiger partial charge < -0.3 is 9.15 Å². The molecule has 96 valence electrons. The van der Waals surface area contributed by atoms with Crippen molar-refractivity contribution >= 4 is 11.9 Å². The van der Waals surface area contributed by atoms with Crippen molar-refractivity contribution in [2.24, 2.45) is 0 Å². The van der Waals surface area contributed by atoms with E-state index in [4.69, 9.17) is 9.15 Å². The Hall–Kier alpha value is -2.31. The second-order valence-electron chi connectivity index (χ2n) is 3.68. The number of hydrogen-bond acceptors (Lipinski definition) is 5. The predicted molar refractivity (Wildman–Crippen MR) is 63.7 cm³/mol. The average molecular weight is 250 g/mol. The van der Waals surface area contributed by atoms with E-state index in [1.807, 2.05) is 6.92 Å². The molecule has 0 aliphatic heterocycles. The van der Waals surface area contributed by atoms with Crippen LogP contribution in [-0.4, -0.2) is 27.7 Å². The van der Waals surface area contributed by atoms with E-state index in [-0.39, 0.29) is 17.9 Å². The van der Waals surface area contributed by atoms with E-state index >= 15 is 0 Å². The number of anilines is 1. The first-order valence-electron chi connectivity index (χ1n) is 5.53. The number of H-pyrrole nitrogens is 1. The lowest BCUT2D eigenvalue weighted by molar-refractivity contribution is 0.102. The van der Waals surface area contributed by atoms with Gasteiger partial charge in [0.15, 0.2) is 0 Å². The summed E-state index contributed by atoms with van der Waals surface area (Å²) in [6, 6.07) is 1.87. The van der Waals surface area contributed by atoms with Gasteiger partial charge in [-0.3, -0.25) is 10.1 Å². The Morgan fingerprint density at radius 1 is 1.56 bits per heavy atom. The molecule has 0 saturated carbocycles. The minimum atomic E-state index is -0.302. The zero-order chi connectivity index (χ0) is 13.1. The Kier molecular flexibility index (Phi) is 3.31. The molecule has 2 aromatic rings. The topological polar surface area (TPSA) is 93.0 Å². The molecule has 0 spiro atoms. The third kappa shape index (κ3) is 2.50. The van der Waals surface area contributed by atoms with Crippen molar-refractivity contribution in [2.45, 2.75) is 20.8 Å². The lowest BCUT2D eigenvalue weighted by Crippen LogP contribution is -2.13. The number of aromatic nitrogens is 3. The normalized spacial score (nSPS) is 10.4. The van der Waals surface area contributed by atoms with Crippen LogP contribution in [0.4, 0.5) is 5.95 Å². The third-order valence-electron chi connectivity index (χ3n) is 2.26. The molecule has 0 aromatic carbocycles. The summed E-state index contributed by atoms with van der Waals surface area (Å²) in [7, 11) is 0. The molecule has 2 rings (SSSR count). The van der Waals surface area contributed by atoms with Crippen LogP contribution in [0.5, 0.6) is 6.01 Å². The maximum absolute atomic E-state index is 11.9. The van der Waals surface area contributed by atoms with Crippen molar-refractivity contribution in [3.8, 4) is 6.01 Å². The van der Waals surface area contributed by atoms with Gasteiger partial charge in [-0.2, -0.15) is 4.98 Å². The van der Waals surface area contributed by atoms with Crippen molar-refractivity contribution in [3.63, 3.8) is 0 Å². The molecule has 18 heavy (non-hydrogen) atoms. The number of amides is 1. The highest BCUT2D eigenvalue weighted by Crippen LogP contribution is 2.15. The molecule has 0 atom stereocenters. The molecule has 0 aliphatic carbocycles. The van der Waals surface area contributed by atoms with Crippen molar-refractivity contribution in [2.75, 3.05) is 11.9 Å². The molecule has 2 aromatic heterocycles. The van der Waals surface area contributed by atoms with E-state index in [1.165, 1.54) is 0 Å². The lowest BCUT2D eigenvalue weighted by atomic mass is 10.2. The number of ether oxygens (including phenoxy) is 1. The minimum Gasteiger partial charge on any atom is -0.466 e. The van der Waals surface area contributed by atoms with E-state index in [1.54, 1.807) is 19.9 Å². The number of carbonyl (C=O) groups is 1. The fourth-order valence-corrected chi connectivity index (χ4v) is 1.53. The van der Waals surface area contributed by atoms with Crippen LogP contribution in [0.1, 0.15) is 28.8 Å². The standard InChI is InChI=1S/C11H14N4O3/c1-4-17-11-13-10(14-15-11)12-9(16)8-5-6(2)18-7(8)3/h5H,4H2,1-3H3,(H2,12,13,14,15,16). The molecule has 0 aliphatic rings. The predicted octanol–water partition coefficient (Wildman–Crippen LogP) is 1.67. The quantitative estimate of drug-likeness (QED) is 0.860. The van der Waals surface area contributed by atoms with Gasteiger partial charge in [0.25, 0.3) is 5.91 Å². The van der Waals surface area contributed by atoms with E-state index in [0.29, 0.717) is 23.7 Å². The van der Waals surface area contributed by atoms with Crippen molar-refractivity contribution in [3.05, 3.63) is 23.2 Å². The van der Waals surface area contributed by atoms with Crippen LogP contribution in [0.3, 0.4) is 0 Å². The van der Waals surface area contributed by atoms with Gasteiger partial charge in [-0.15, -0.1) is 5.10 Å². The first kappa shape index (κ1) is 12.2. The average Bonchev–Trinajstić information content (AvgIpc) is 2.86. The number of aryl methyl sites for hydroxylation is 2. The summed E-state index contributed by atoms with van der Waals surface area (Å²) in [6.45, 7) is 5.80. The summed E-state index contributed by atoms with van der Waals surface area (Å²) >= 11 is 0. The van der Waals surface area contributed by atoms with Crippen LogP contribution >= 0.6 is 0 Å². The smallest absolute Gasteiger partial charge is 0.337 e. The number of furan rings is 1. The number of hydrogen-bond donors (Lipinski definition) is 2. The van der Waals surface area contributed by atoms with E-state index < -0.39 is 0 Å². The number of rotatable bonds is 4. The first-order chi connectivity index (χ1) is 8.60. The number of aromatic amines is 1. The summed E-state index contributed by atoms with van der Waals surface area (Å²) in [6.07, 6.45) is 0. The van der Waals surface area contributed by atoms with E-state index in [2.05, 4.69) is 20.5 Å². The zero-order valence-electron chi connectivity index (χ0n) is 10.4. The van der Waals surface area contributed by atoms with Crippen LogP contribution in [0.25, 0.3) is 0 Å². The molecule has 0 unspecified atom stereocenters. The zero-order valence-corrected chi connectivity index (χ0v) is 10.4. The third-order valence-corrected chi connectivity index (χ3v) is 2.26. The molecule has 0 fully saturated rings. The highest BCUT2D eigenvalue weighted by atomic mass is 16.5. The Morgan fingerprint density at radius 3 is 2.94 bits per heavy atom. The van der Waals surface area contributed by atoms with Gasteiger partial charge in [0, 0.05) is 0 Å². The number of nitrogens with one attached hydrogen (secondary N) is 2.